The van der Waals surface area contributed by atoms with Gasteiger partial charge in [-0.05, 0) is 84.7 Å². The normalized spacial score (nSPS) is 10.9. The first kappa shape index (κ1) is 21.8. The molecule has 0 heterocycles. The lowest BCUT2D eigenvalue weighted by atomic mass is 9.94. The molecule has 0 atom stereocenters. The Balaban J connectivity index is 2.06. The minimum atomic E-state index is -0.418. The van der Waals surface area contributed by atoms with E-state index in [2.05, 4.69) is 13.2 Å². The van der Waals surface area contributed by atoms with E-state index < -0.39 is 5.82 Å². The lowest BCUT2D eigenvalue weighted by Crippen LogP contribution is -1.95. The van der Waals surface area contributed by atoms with Gasteiger partial charge in [-0.15, -0.1) is 13.2 Å². The van der Waals surface area contributed by atoms with E-state index in [1.807, 2.05) is 0 Å². The number of carbonyl (C=O) groups excluding carboxylic acids is 1. The number of phenols is 2. The molecule has 156 valence electrons. The van der Waals surface area contributed by atoms with Crippen LogP contribution in [0.15, 0.2) is 86.0 Å². The van der Waals surface area contributed by atoms with E-state index in [4.69, 9.17) is 0 Å². The van der Waals surface area contributed by atoms with Crippen LogP contribution in [0.4, 0.5) is 4.39 Å². The second kappa shape index (κ2) is 9.72. The zero-order valence-corrected chi connectivity index (χ0v) is 17.0. The molecule has 31 heavy (non-hydrogen) atoms. The second-order valence-electron chi connectivity index (χ2n) is 7.12. The maximum Gasteiger partial charge on any atom is 0.185 e. The second-order valence-corrected chi connectivity index (χ2v) is 7.12. The van der Waals surface area contributed by atoms with Crippen molar-refractivity contribution in [1.82, 2.24) is 0 Å². The fourth-order valence-corrected chi connectivity index (χ4v) is 3.30. The van der Waals surface area contributed by atoms with Crippen molar-refractivity contribution < 1.29 is 19.4 Å². The summed E-state index contributed by atoms with van der Waals surface area (Å²) in [6, 6.07) is 14.0. The van der Waals surface area contributed by atoms with Gasteiger partial charge in [0.05, 0.1) is 0 Å². The highest BCUT2D eigenvalue weighted by molar-refractivity contribution is 6.07. The predicted molar refractivity (Wildman–Crippen MR) is 123 cm³/mol. The number of benzene rings is 3. The number of hydrogen-bond acceptors (Lipinski definition) is 3. The van der Waals surface area contributed by atoms with E-state index >= 15 is 0 Å². The molecule has 0 aromatic heterocycles. The topological polar surface area (TPSA) is 57.5 Å². The molecule has 0 saturated carbocycles. The Kier molecular flexibility index (Phi) is 6.83. The van der Waals surface area contributed by atoms with Crippen molar-refractivity contribution in [3.8, 4) is 22.6 Å². The van der Waals surface area contributed by atoms with Crippen LogP contribution in [-0.4, -0.2) is 16.0 Å². The maximum absolute atomic E-state index is 13.1. The van der Waals surface area contributed by atoms with Crippen LogP contribution in [0.5, 0.6) is 11.5 Å². The van der Waals surface area contributed by atoms with E-state index in [9.17, 15) is 19.4 Å². The molecule has 0 amide bonds. The lowest BCUT2D eigenvalue weighted by molar-refractivity contribution is 0.104. The molecule has 3 nitrogen and oxygen atoms in total. The summed E-state index contributed by atoms with van der Waals surface area (Å²) in [6.45, 7) is 7.50. The van der Waals surface area contributed by atoms with Crippen LogP contribution in [-0.2, 0) is 12.8 Å². The molecule has 0 saturated heterocycles. The molecule has 0 aliphatic rings. The van der Waals surface area contributed by atoms with Gasteiger partial charge in [-0.1, -0.05) is 18.2 Å². The number of carbonyl (C=O) groups is 1. The van der Waals surface area contributed by atoms with Crippen molar-refractivity contribution in [3.63, 3.8) is 0 Å². The minimum Gasteiger partial charge on any atom is -0.507 e. The number of phenolic OH excluding ortho intramolecular Hbond substituents is 2. The Hall–Kier alpha value is -3.92. The van der Waals surface area contributed by atoms with Gasteiger partial charge in [0, 0.05) is 22.3 Å². The minimum absolute atomic E-state index is 0.0381. The summed E-state index contributed by atoms with van der Waals surface area (Å²) in [5, 5.41) is 21.4. The number of rotatable bonds is 8. The third kappa shape index (κ3) is 5.17. The fourth-order valence-electron chi connectivity index (χ4n) is 3.30. The SMILES string of the molecule is C=CCc1ccc(O)c(-c2cc(CC=C)cc(C=CC(=O)c3ccc(F)cc3)c2O)c1. The van der Waals surface area contributed by atoms with Gasteiger partial charge in [0.2, 0.25) is 0 Å². The summed E-state index contributed by atoms with van der Waals surface area (Å²) >= 11 is 0. The van der Waals surface area contributed by atoms with Crippen LogP contribution in [0.25, 0.3) is 17.2 Å². The largest absolute Gasteiger partial charge is 0.507 e. The van der Waals surface area contributed by atoms with Crippen molar-refractivity contribution in [2.45, 2.75) is 12.8 Å². The standard InChI is InChI=1S/C27H23FO3/c1-3-5-18-7-13-26(30)23(16-18)24-17-19(6-4-2)15-21(27(24)31)10-14-25(29)20-8-11-22(28)12-9-20/h3-4,7-17,30-31H,1-2,5-6H2. The molecule has 0 bridgehead atoms. The van der Waals surface area contributed by atoms with Crippen molar-refractivity contribution in [2.24, 2.45) is 0 Å². The maximum atomic E-state index is 13.1. The number of allylic oxidation sites excluding steroid dienone is 3. The summed E-state index contributed by atoms with van der Waals surface area (Å²) < 4.78 is 13.1. The highest BCUT2D eigenvalue weighted by Crippen LogP contribution is 2.39. The number of aromatic hydroxyl groups is 2. The highest BCUT2D eigenvalue weighted by atomic mass is 19.1. The summed E-state index contributed by atoms with van der Waals surface area (Å²) in [6.07, 6.45) is 7.52. The molecule has 0 unspecified atom stereocenters. The Morgan fingerprint density at radius 1 is 0.871 bits per heavy atom. The molecule has 0 fully saturated rings. The van der Waals surface area contributed by atoms with Gasteiger partial charge >= 0.3 is 0 Å². The van der Waals surface area contributed by atoms with Gasteiger partial charge in [-0.3, -0.25) is 4.79 Å². The van der Waals surface area contributed by atoms with Gasteiger partial charge in [0.1, 0.15) is 17.3 Å². The highest BCUT2D eigenvalue weighted by Gasteiger charge is 2.14. The van der Waals surface area contributed by atoms with Crippen LogP contribution in [0, 0.1) is 5.82 Å². The Morgan fingerprint density at radius 3 is 2.19 bits per heavy atom. The Bertz CT molecular complexity index is 1160. The van der Waals surface area contributed by atoms with Gasteiger partial charge in [0.15, 0.2) is 5.78 Å². The third-order valence-electron chi connectivity index (χ3n) is 4.85. The summed E-state index contributed by atoms with van der Waals surface area (Å²) in [7, 11) is 0. The zero-order chi connectivity index (χ0) is 22.4. The van der Waals surface area contributed by atoms with E-state index in [1.54, 1.807) is 42.5 Å². The van der Waals surface area contributed by atoms with Crippen LogP contribution >= 0.6 is 0 Å². The molecule has 3 aromatic carbocycles. The zero-order valence-electron chi connectivity index (χ0n) is 17.0. The summed E-state index contributed by atoms with van der Waals surface area (Å²) in [5.41, 5.74) is 3.52. The van der Waals surface area contributed by atoms with Gasteiger partial charge in [0.25, 0.3) is 0 Å². The van der Waals surface area contributed by atoms with E-state index in [0.29, 0.717) is 35.1 Å². The van der Waals surface area contributed by atoms with Gasteiger partial charge in [-0.2, -0.15) is 0 Å². The molecule has 4 heteroatoms. The van der Waals surface area contributed by atoms with Gasteiger partial charge < -0.3 is 10.2 Å². The fraction of sp³-hybridized carbons (Fsp3) is 0.0741. The Morgan fingerprint density at radius 2 is 1.52 bits per heavy atom. The molecule has 3 rings (SSSR count). The predicted octanol–water partition coefficient (Wildman–Crippen LogP) is 6.26. The average Bonchev–Trinajstić information content (AvgIpc) is 2.76. The quantitative estimate of drug-likeness (QED) is 0.260. The van der Waals surface area contributed by atoms with E-state index in [1.165, 1.54) is 36.4 Å². The smallest absolute Gasteiger partial charge is 0.185 e. The molecule has 0 radical (unpaired) electrons. The molecular weight excluding hydrogens is 391 g/mol. The van der Waals surface area contributed by atoms with Crippen molar-refractivity contribution >= 4 is 11.9 Å². The molecule has 0 aliphatic carbocycles. The van der Waals surface area contributed by atoms with Crippen LogP contribution in [0.2, 0.25) is 0 Å². The average molecular weight is 414 g/mol. The third-order valence-corrected chi connectivity index (χ3v) is 4.85. The molecule has 2 N–H and O–H groups in total. The van der Waals surface area contributed by atoms with Crippen molar-refractivity contribution in [2.75, 3.05) is 0 Å². The first-order valence-electron chi connectivity index (χ1n) is 9.81. The van der Waals surface area contributed by atoms with Gasteiger partial charge in [-0.25, -0.2) is 4.39 Å². The van der Waals surface area contributed by atoms with E-state index in [-0.39, 0.29) is 17.3 Å². The Labute approximate surface area is 181 Å². The monoisotopic (exact) mass is 414 g/mol. The first-order valence-corrected chi connectivity index (χ1v) is 9.81. The molecule has 0 spiro atoms. The molecule has 0 aliphatic heterocycles. The summed E-state index contributed by atoms with van der Waals surface area (Å²) in [4.78, 5) is 12.4. The summed E-state index contributed by atoms with van der Waals surface area (Å²) in [5.74, 6) is -0.748. The number of ketones is 1. The van der Waals surface area contributed by atoms with Crippen molar-refractivity contribution in [1.29, 1.82) is 0 Å². The van der Waals surface area contributed by atoms with Crippen LogP contribution in [0.1, 0.15) is 27.0 Å². The van der Waals surface area contributed by atoms with E-state index in [0.717, 1.165) is 11.1 Å². The molecule has 3 aromatic rings. The lowest BCUT2D eigenvalue weighted by Gasteiger charge is -2.13. The molecular formula is C27H23FO3. The van der Waals surface area contributed by atoms with Crippen LogP contribution in [0.3, 0.4) is 0 Å². The number of hydrogen-bond donors (Lipinski definition) is 2. The van der Waals surface area contributed by atoms with Crippen LogP contribution < -0.4 is 0 Å². The number of halogens is 1. The van der Waals surface area contributed by atoms with Crippen molar-refractivity contribution in [3.05, 3.63) is 114 Å². The first-order chi connectivity index (χ1) is 14.9.